The van der Waals surface area contributed by atoms with Gasteiger partial charge in [-0.1, -0.05) is 47.6 Å². The van der Waals surface area contributed by atoms with Gasteiger partial charge < -0.3 is 10.3 Å². The van der Waals surface area contributed by atoms with Crippen molar-refractivity contribution in [2.24, 2.45) is 0 Å². The van der Waals surface area contributed by atoms with Crippen LogP contribution < -0.4 is 10.9 Å². The highest BCUT2D eigenvalue weighted by Crippen LogP contribution is 2.27. The summed E-state index contributed by atoms with van der Waals surface area (Å²) in [6.45, 7) is 0. The SMILES string of the molecule is O=C(CSc1nc2c([nH]c3ccccc32)c(=O)n1-c1cccc(Cl)c1)Nc1nccs1. The lowest BCUT2D eigenvalue weighted by molar-refractivity contribution is -0.113. The minimum absolute atomic E-state index is 0.0699. The van der Waals surface area contributed by atoms with Crippen LogP contribution in [-0.2, 0) is 4.79 Å². The number of aromatic nitrogens is 4. The van der Waals surface area contributed by atoms with Crippen molar-refractivity contribution in [1.82, 2.24) is 19.5 Å². The molecule has 31 heavy (non-hydrogen) atoms. The molecule has 3 heterocycles. The van der Waals surface area contributed by atoms with Crippen molar-refractivity contribution in [3.63, 3.8) is 0 Å². The summed E-state index contributed by atoms with van der Waals surface area (Å²) in [5.74, 6) is -0.161. The molecule has 154 valence electrons. The summed E-state index contributed by atoms with van der Waals surface area (Å²) in [5.41, 5.74) is 2.11. The number of hydrogen-bond donors (Lipinski definition) is 2. The normalized spacial score (nSPS) is 11.3. The van der Waals surface area contributed by atoms with E-state index >= 15 is 0 Å². The zero-order valence-corrected chi connectivity index (χ0v) is 18.2. The number of H-pyrrole nitrogens is 1. The van der Waals surface area contributed by atoms with E-state index < -0.39 is 0 Å². The first kappa shape index (κ1) is 19.8. The average molecular weight is 468 g/mol. The Labute approximate surface area is 189 Å². The van der Waals surface area contributed by atoms with E-state index in [-0.39, 0.29) is 17.2 Å². The highest BCUT2D eigenvalue weighted by Gasteiger charge is 2.18. The van der Waals surface area contributed by atoms with E-state index in [0.29, 0.717) is 32.0 Å². The van der Waals surface area contributed by atoms with Crippen molar-refractivity contribution < 1.29 is 4.79 Å². The van der Waals surface area contributed by atoms with Gasteiger partial charge in [-0.25, -0.2) is 9.97 Å². The molecule has 0 saturated carbocycles. The van der Waals surface area contributed by atoms with E-state index in [2.05, 4.69) is 15.3 Å². The van der Waals surface area contributed by atoms with Gasteiger partial charge in [-0.2, -0.15) is 0 Å². The van der Waals surface area contributed by atoms with Crippen molar-refractivity contribution >= 4 is 67.7 Å². The lowest BCUT2D eigenvalue weighted by Gasteiger charge is -2.12. The first-order valence-electron chi connectivity index (χ1n) is 9.22. The summed E-state index contributed by atoms with van der Waals surface area (Å²) >= 11 is 8.69. The van der Waals surface area contributed by atoms with Gasteiger partial charge in [0, 0.05) is 27.5 Å². The van der Waals surface area contributed by atoms with Crippen LogP contribution in [0.25, 0.3) is 27.6 Å². The van der Waals surface area contributed by atoms with Gasteiger partial charge in [0.15, 0.2) is 10.3 Å². The van der Waals surface area contributed by atoms with E-state index in [4.69, 9.17) is 16.6 Å². The zero-order chi connectivity index (χ0) is 21.4. The number of benzene rings is 2. The van der Waals surface area contributed by atoms with Gasteiger partial charge in [0.25, 0.3) is 5.56 Å². The molecule has 10 heteroatoms. The van der Waals surface area contributed by atoms with Crippen LogP contribution in [-0.4, -0.2) is 31.2 Å². The van der Waals surface area contributed by atoms with E-state index in [0.717, 1.165) is 10.9 Å². The third-order valence-electron chi connectivity index (χ3n) is 4.57. The summed E-state index contributed by atoms with van der Waals surface area (Å²) in [6, 6.07) is 14.6. The van der Waals surface area contributed by atoms with Crippen LogP contribution in [0, 0.1) is 0 Å². The van der Waals surface area contributed by atoms with Gasteiger partial charge in [-0.15, -0.1) is 11.3 Å². The fourth-order valence-corrected chi connectivity index (χ4v) is 4.79. The molecule has 0 bridgehead atoms. The number of thioether (sulfide) groups is 1. The van der Waals surface area contributed by atoms with E-state index in [9.17, 15) is 9.59 Å². The molecule has 5 aromatic rings. The van der Waals surface area contributed by atoms with Crippen LogP contribution in [0.2, 0.25) is 5.02 Å². The number of anilines is 1. The number of rotatable bonds is 5. The van der Waals surface area contributed by atoms with Crippen molar-refractivity contribution in [2.75, 3.05) is 11.1 Å². The van der Waals surface area contributed by atoms with Gasteiger partial charge in [0.1, 0.15) is 11.0 Å². The van der Waals surface area contributed by atoms with Gasteiger partial charge in [0.2, 0.25) is 5.91 Å². The molecule has 0 aliphatic rings. The van der Waals surface area contributed by atoms with Gasteiger partial charge >= 0.3 is 0 Å². The van der Waals surface area contributed by atoms with E-state index in [1.807, 2.05) is 24.3 Å². The third-order valence-corrected chi connectivity index (χ3v) is 6.43. The molecular formula is C21H14ClN5O2S2. The molecule has 0 unspecified atom stereocenters. The number of fused-ring (bicyclic) bond motifs is 3. The predicted molar refractivity (Wildman–Crippen MR) is 126 cm³/mol. The Balaban J connectivity index is 1.61. The maximum absolute atomic E-state index is 13.5. The minimum atomic E-state index is -0.258. The van der Waals surface area contributed by atoms with Crippen molar-refractivity contribution in [3.8, 4) is 5.69 Å². The lowest BCUT2D eigenvalue weighted by Crippen LogP contribution is -2.23. The Hall–Kier alpha value is -3.14. The van der Waals surface area contributed by atoms with Crippen molar-refractivity contribution in [2.45, 2.75) is 5.16 Å². The molecule has 0 atom stereocenters. The highest BCUT2D eigenvalue weighted by atomic mass is 35.5. The molecular weight excluding hydrogens is 454 g/mol. The lowest BCUT2D eigenvalue weighted by atomic mass is 10.2. The summed E-state index contributed by atoms with van der Waals surface area (Å²) in [5, 5.41) is 6.80. The number of nitrogens with one attached hydrogen (secondary N) is 2. The number of carbonyl (C=O) groups excluding carboxylic acids is 1. The second-order valence-electron chi connectivity index (χ2n) is 6.58. The molecule has 1 amide bonds. The van der Waals surface area contributed by atoms with Crippen LogP contribution in [0.3, 0.4) is 0 Å². The first-order chi connectivity index (χ1) is 15.1. The van der Waals surface area contributed by atoms with E-state index in [1.54, 1.807) is 35.8 Å². The number of para-hydroxylation sites is 1. The molecule has 0 saturated heterocycles. The predicted octanol–water partition coefficient (Wildman–Crippen LogP) is 4.71. The van der Waals surface area contributed by atoms with Crippen LogP contribution in [0.1, 0.15) is 0 Å². The topological polar surface area (TPSA) is 92.7 Å². The fourth-order valence-electron chi connectivity index (χ4n) is 3.25. The summed E-state index contributed by atoms with van der Waals surface area (Å²) in [7, 11) is 0. The van der Waals surface area contributed by atoms with Gasteiger partial charge in [-0.3, -0.25) is 14.2 Å². The number of thiazole rings is 1. The Bertz CT molecular complexity index is 1480. The standard InChI is InChI=1S/C21H14ClN5O2S2/c22-12-4-3-5-13(10-12)27-19(29)18-17(14-6-1-2-7-15(14)24-18)26-21(27)31-11-16(28)25-20-23-8-9-30-20/h1-10,24H,11H2,(H,23,25,28). The molecule has 0 fully saturated rings. The van der Waals surface area contributed by atoms with Gasteiger partial charge in [-0.05, 0) is 24.3 Å². The number of amides is 1. The Morgan fingerprint density at radius 2 is 2.10 bits per heavy atom. The van der Waals surface area contributed by atoms with Crippen LogP contribution in [0.15, 0.2) is 70.1 Å². The molecule has 7 nitrogen and oxygen atoms in total. The Morgan fingerprint density at radius 1 is 1.23 bits per heavy atom. The minimum Gasteiger partial charge on any atom is -0.349 e. The highest BCUT2D eigenvalue weighted by molar-refractivity contribution is 7.99. The Kier molecular flexibility index (Phi) is 5.23. The van der Waals surface area contributed by atoms with Crippen LogP contribution in [0.4, 0.5) is 5.13 Å². The van der Waals surface area contributed by atoms with E-state index in [1.165, 1.54) is 27.7 Å². The fraction of sp³-hybridized carbons (Fsp3) is 0.0476. The van der Waals surface area contributed by atoms with Crippen molar-refractivity contribution in [1.29, 1.82) is 0 Å². The second-order valence-corrected chi connectivity index (χ2v) is 8.86. The molecule has 0 radical (unpaired) electrons. The zero-order valence-electron chi connectivity index (χ0n) is 15.8. The maximum atomic E-state index is 13.5. The Morgan fingerprint density at radius 3 is 2.90 bits per heavy atom. The number of carbonyl (C=O) groups is 1. The van der Waals surface area contributed by atoms with Crippen molar-refractivity contribution in [3.05, 3.63) is 75.5 Å². The smallest absolute Gasteiger partial charge is 0.283 e. The average Bonchev–Trinajstić information content (AvgIpc) is 3.40. The summed E-state index contributed by atoms with van der Waals surface area (Å²) < 4.78 is 1.48. The number of nitrogens with zero attached hydrogens (tertiary/aromatic N) is 3. The largest absolute Gasteiger partial charge is 0.349 e. The molecule has 0 aliphatic carbocycles. The molecule has 3 aromatic heterocycles. The number of aromatic amines is 1. The number of halogens is 1. The van der Waals surface area contributed by atoms with Gasteiger partial charge in [0.05, 0.1) is 11.4 Å². The van der Waals surface area contributed by atoms with Crippen LogP contribution >= 0.6 is 34.7 Å². The number of hydrogen-bond acceptors (Lipinski definition) is 6. The summed E-state index contributed by atoms with van der Waals surface area (Å²) in [6.07, 6.45) is 1.62. The quantitative estimate of drug-likeness (QED) is 0.288. The second kappa shape index (κ2) is 8.18. The molecule has 0 aliphatic heterocycles. The molecule has 2 aromatic carbocycles. The monoisotopic (exact) mass is 467 g/mol. The maximum Gasteiger partial charge on any atom is 0.283 e. The third kappa shape index (κ3) is 3.83. The molecule has 2 N–H and O–H groups in total. The molecule has 0 spiro atoms. The van der Waals surface area contributed by atoms with Crippen LogP contribution in [0.5, 0.6) is 0 Å². The molecule has 5 rings (SSSR count). The first-order valence-corrected chi connectivity index (χ1v) is 11.5. The summed E-state index contributed by atoms with van der Waals surface area (Å²) in [4.78, 5) is 37.8.